The van der Waals surface area contributed by atoms with Gasteiger partial charge in [-0.3, -0.25) is 0 Å². The number of fused-ring (bicyclic) bond motifs is 3. The minimum Gasteiger partial charge on any atom is 0 e. The summed E-state index contributed by atoms with van der Waals surface area (Å²) in [5.41, 5.74) is 9.32. The molecule has 1 radical (unpaired) electrons. The van der Waals surface area contributed by atoms with Gasteiger partial charge in [-0.2, -0.15) is 0 Å². The summed E-state index contributed by atoms with van der Waals surface area (Å²) in [7, 11) is 0. The minimum absolute atomic E-state index is 0. The first kappa shape index (κ1) is 32.6. The van der Waals surface area contributed by atoms with Crippen molar-refractivity contribution in [3.05, 3.63) is 139 Å². The van der Waals surface area contributed by atoms with Crippen LogP contribution in [0.2, 0.25) is 17.3 Å². The summed E-state index contributed by atoms with van der Waals surface area (Å²) in [4.78, 5) is 9.10. The Morgan fingerprint density at radius 1 is 0.711 bits per heavy atom. The molecule has 0 unspecified atom stereocenters. The molecule has 7 rings (SSSR count). The van der Waals surface area contributed by atoms with Crippen LogP contribution in [0, 0.1) is 12.1 Å². The van der Waals surface area contributed by atoms with Gasteiger partial charge in [0.05, 0.1) is 5.58 Å². The van der Waals surface area contributed by atoms with Gasteiger partial charge in [-0.1, -0.05) is 79.4 Å². The van der Waals surface area contributed by atoms with Crippen LogP contribution in [-0.4, -0.2) is 23.2 Å². The smallest absolute Gasteiger partial charge is 0 e. The average molecular weight is 826 g/mol. The normalized spacial score (nSPS) is 11.2. The Balaban J connectivity index is 0.000000202. The number of hydrogen-bond acceptors (Lipinski definition) is 3. The molecule has 0 N–H and O–H groups in total. The molecule has 5 heteroatoms. The SMILES string of the molecule is CC(C)c1ccnc(-c2[c-]cc3oc4c(-c5ccccc5)cccc4c3c2)c1.[CH3][Ge]([CH3])([CH3])[c]1ccc(-c2[c-]cccc2)nc1.[Ir]. The summed E-state index contributed by atoms with van der Waals surface area (Å²) in [5.74, 6) is 7.61. The topological polar surface area (TPSA) is 38.9 Å². The van der Waals surface area contributed by atoms with Crippen molar-refractivity contribution >= 4 is 39.6 Å². The molecule has 0 aliphatic carbocycles. The number of benzene rings is 4. The van der Waals surface area contributed by atoms with Crippen LogP contribution >= 0.6 is 0 Å². The second-order valence-corrected chi connectivity index (χ2v) is 23.0. The fourth-order valence-corrected chi connectivity index (χ4v) is 7.41. The molecule has 227 valence electrons. The predicted molar refractivity (Wildman–Crippen MR) is 187 cm³/mol. The molecule has 7 aromatic rings. The van der Waals surface area contributed by atoms with E-state index in [1.54, 1.807) is 0 Å². The summed E-state index contributed by atoms with van der Waals surface area (Å²) >= 11 is -1.72. The van der Waals surface area contributed by atoms with E-state index in [9.17, 15) is 0 Å². The Labute approximate surface area is 282 Å². The van der Waals surface area contributed by atoms with E-state index in [0.717, 1.165) is 55.6 Å². The molecule has 0 atom stereocenters. The van der Waals surface area contributed by atoms with Gasteiger partial charge in [-0.15, -0.1) is 23.8 Å². The predicted octanol–water partition coefficient (Wildman–Crippen LogP) is 10.3. The van der Waals surface area contributed by atoms with Crippen molar-refractivity contribution in [2.75, 3.05) is 0 Å². The largest absolute Gasteiger partial charge is 0 e. The average Bonchev–Trinajstić information content (AvgIpc) is 3.44. The molecule has 3 heterocycles. The molecule has 4 aromatic carbocycles. The third-order valence-electron chi connectivity index (χ3n) is 7.86. The van der Waals surface area contributed by atoms with Gasteiger partial charge in [0.1, 0.15) is 5.58 Å². The van der Waals surface area contributed by atoms with Crippen LogP contribution < -0.4 is 4.40 Å². The van der Waals surface area contributed by atoms with E-state index in [1.165, 1.54) is 9.96 Å². The van der Waals surface area contributed by atoms with Gasteiger partial charge < -0.3 is 9.40 Å². The van der Waals surface area contributed by atoms with Crippen molar-refractivity contribution in [3.8, 4) is 33.6 Å². The zero-order chi connectivity index (χ0) is 30.7. The van der Waals surface area contributed by atoms with E-state index in [-0.39, 0.29) is 20.1 Å². The standard InChI is InChI=1S/C26H20NO.C14H16GeN.Ir/c1-17(2)19-13-14-27-24(16-19)20-11-12-25-23(15-20)22-10-6-9-21(26(22)28-25)18-7-4-3-5-8-18;1-15(2,3)13-9-10-14(16-11-13)12-7-5-4-6-8-12;/h3-10,12-17H,1-2H3;4-7,9-11H,1-3H3;/q2*-1;. The Morgan fingerprint density at radius 3 is 2.20 bits per heavy atom. The van der Waals surface area contributed by atoms with Crippen molar-refractivity contribution < 1.29 is 24.5 Å². The Bertz CT molecular complexity index is 2010. The second kappa shape index (κ2) is 14.1. The zero-order valence-electron chi connectivity index (χ0n) is 26.3. The fraction of sp³-hybridized carbons (Fsp3) is 0.150. The van der Waals surface area contributed by atoms with E-state index in [4.69, 9.17) is 4.42 Å². The molecule has 0 saturated carbocycles. The maximum Gasteiger partial charge on any atom is 0 e. The molecule has 0 amide bonds. The summed E-state index contributed by atoms with van der Waals surface area (Å²) < 4.78 is 7.68. The van der Waals surface area contributed by atoms with Crippen LogP contribution in [0.4, 0.5) is 0 Å². The van der Waals surface area contributed by atoms with Crippen molar-refractivity contribution in [2.45, 2.75) is 37.0 Å². The third-order valence-corrected chi connectivity index (χ3v) is 12.1. The number of hydrogen-bond donors (Lipinski definition) is 0. The van der Waals surface area contributed by atoms with Crippen molar-refractivity contribution in [1.29, 1.82) is 0 Å². The maximum atomic E-state index is 6.24. The van der Waals surface area contributed by atoms with Gasteiger partial charge >= 0.3 is 99.8 Å². The quantitative estimate of drug-likeness (QED) is 0.128. The molecule has 0 fully saturated rings. The van der Waals surface area contributed by atoms with Gasteiger partial charge in [0.2, 0.25) is 0 Å². The molecule has 0 aliphatic rings. The van der Waals surface area contributed by atoms with E-state index >= 15 is 0 Å². The van der Waals surface area contributed by atoms with Crippen LogP contribution in [0.5, 0.6) is 0 Å². The Hall–Kier alpha value is -3.83. The van der Waals surface area contributed by atoms with E-state index in [2.05, 4.69) is 126 Å². The van der Waals surface area contributed by atoms with Crippen LogP contribution in [0.1, 0.15) is 25.3 Å². The van der Waals surface area contributed by atoms with Gasteiger partial charge in [-0.05, 0) is 23.2 Å². The van der Waals surface area contributed by atoms with Crippen LogP contribution in [0.25, 0.3) is 55.6 Å². The van der Waals surface area contributed by atoms with Crippen molar-refractivity contribution in [1.82, 2.24) is 9.97 Å². The number of nitrogens with zero attached hydrogens (tertiary/aromatic N) is 2. The number of aromatic nitrogens is 2. The molecular weight excluding hydrogens is 789 g/mol. The summed E-state index contributed by atoms with van der Waals surface area (Å²) in [6.45, 7) is 4.39. The fourth-order valence-electron chi connectivity index (χ4n) is 5.24. The Morgan fingerprint density at radius 2 is 1.51 bits per heavy atom. The first-order chi connectivity index (χ1) is 21.3. The minimum atomic E-state index is -1.72. The molecule has 3 nitrogen and oxygen atoms in total. The molecule has 0 aliphatic heterocycles. The van der Waals surface area contributed by atoms with Crippen LogP contribution in [-0.2, 0) is 20.1 Å². The van der Waals surface area contributed by atoms with Crippen molar-refractivity contribution in [3.63, 3.8) is 0 Å². The first-order valence-electron chi connectivity index (χ1n) is 15.1. The summed E-state index contributed by atoms with van der Waals surface area (Å²) in [5, 5.41) is 2.21. The zero-order valence-corrected chi connectivity index (χ0v) is 30.8. The number of para-hydroxylation sites is 1. The maximum absolute atomic E-state index is 6.24. The summed E-state index contributed by atoms with van der Waals surface area (Å²) in [6, 6.07) is 43.8. The Kier molecular flexibility index (Phi) is 10.2. The van der Waals surface area contributed by atoms with E-state index < -0.39 is 13.3 Å². The van der Waals surface area contributed by atoms with Gasteiger partial charge in [0.15, 0.2) is 0 Å². The molecule has 0 spiro atoms. The summed E-state index contributed by atoms with van der Waals surface area (Å²) in [6.07, 6.45) is 3.92. The molecule has 0 saturated heterocycles. The van der Waals surface area contributed by atoms with Crippen LogP contribution in [0.3, 0.4) is 0 Å². The van der Waals surface area contributed by atoms with Gasteiger partial charge in [0.25, 0.3) is 0 Å². The molecule has 3 aromatic heterocycles. The second-order valence-electron chi connectivity index (χ2n) is 12.4. The van der Waals surface area contributed by atoms with Crippen molar-refractivity contribution in [2.24, 2.45) is 0 Å². The monoisotopic (exact) mass is 827 g/mol. The third kappa shape index (κ3) is 7.36. The molecular formula is C40H36GeIrN2O-2. The molecule has 0 bridgehead atoms. The first-order valence-corrected chi connectivity index (χ1v) is 22.4. The van der Waals surface area contributed by atoms with Gasteiger partial charge in [0, 0.05) is 37.3 Å². The van der Waals surface area contributed by atoms with Crippen LogP contribution in [0.15, 0.2) is 126 Å². The number of pyridine rings is 2. The number of furan rings is 1. The number of rotatable bonds is 5. The molecule has 45 heavy (non-hydrogen) atoms. The van der Waals surface area contributed by atoms with Gasteiger partial charge in [-0.25, -0.2) is 0 Å². The van der Waals surface area contributed by atoms with E-state index in [0.29, 0.717) is 5.92 Å². The van der Waals surface area contributed by atoms with E-state index in [1.807, 2.05) is 48.8 Å².